The molecule has 3 rings (SSSR count). The summed E-state index contributed by atoms with van der Waals surface area (Å²) >= 11 is 6.93. The van der Waals surface area contributed by atoms with Gasteiger partial charge < -0.3 is 4.90 Å². The topological polar surface area (TPSA) is 3.24 Å². The number of hydrogen-bond acceptors (Lipinski definition) is 1. The van der Waals surface area contributed by atoms with Gasteiger partial charge in [0, 0.05) is 26.0 Å². The number of anilines is 3. The largest absolute Gasteiger partial charge is 0.310 e. The molecule has 0 aliphatic carbocycles. The summed E-state index contributed by atoms with van der Waals surface area (Å²) in [4.78, 5) is 2.12. The number of benzene rings is 3. The standard InChI is InChI=1S/C19H14Br2FN/c1-13-12-16(22)6-11-19(13)23(17-7-2-14(20)3-8-17)18-9-4-15(21)5-10-18/h2-12H,1H3. The van der Waals surface area contributed by atoms with Crippen LogP contribution < -0.4 is 4.90 Å². The fourth-order valence-electron chi connectivity index (χ4n) is 2.48. The highest BCUT2D eigenvalue weighted by Gasteiger charge is 2.14. The molecule has 0 saturated heterocycles. The summed E-state index contributed by atoms with van der Waals surface area (Å²) in [6, 6.07) is 21.0. The SMILES string of the molecule is Cc1cc(F)ccc1N(c1ccc(Br)cc1)c1ccc(Br)cc1. The lowest BCUT2D eigenvalue weighted by Crippen LogP contribution is -2.11. The molecule has 0 atom stereocenters. The quantitative estimate of drug-likeness (QED) is 0.423. The molecule has 0 bridgehead atoms. The van der Waals surface area contributed by atoms with Crippen LogP contribution in [0.1, 0.15) is 5.56 Å². The minimum Gasteiger partial charge on any atom is -0.310 e. The van der Waals surface area contributed by atoms with E-state index in [2.05, 4.69) is 36.8 Å². The second-order valence-electron chi connectivity index (χ2n) is 5.22. The Hall–Kier alpha value is -1.65. The molecule has 0 amide bonds. The van der Waals surface area contributed by atoms with Crippen molar-refractivity contribution in [3.8, 4) is 0 Å². The molecule has 4 heteroatoms. The van der Waals surface area contributed by atoms with Gasteiger partial charge in [-0.05, 0) is 79.2 Å². The van der Waals surface area contributed by atoms with Crippen LogP contribution in [0.4, 0.5) is 21.5 Å². The van der Waals surface area contributed by atoms with E-state index in [1.54, 1.807) is 6.07 Å². The predicted octanol–water partition coefficient (Wildman–Crippen LogP) is 7.13. The van der Waals surface area contributed by atoms with Crippen molar-refractivity contribution in [1.29, 1.82) is 0 Å². The molecule has 0 unspecified atom stereocenters. The van der Waals surface area contributed by atoms with Crippen LogP contribution >= 0.6 is 31.9 Å². The summed E-state index contributed by atoms with van der Waals surface area (Å²) in [5.41, 5.74) is 3.88. The number of halogens is 3. The molecule has 0 radical (unpaired) electrons. The van der Waals surface area contributed by atoms with Crippen molar-refractivity contribution < 1.29 is 4.39 Å². The van der Waals surface area contributed by atoms with Crippen molar-refractivity contribution in [3.05, 3.63) is 87.1 Å². The van der Waals surface area contributed by atoms with E-state index in [1.807, 2.05) is 61.5 Å². The average molecular weight is 435 g/mol. The molecule has 3 aromatic rings. The van der Waals surface area contributed by atoms with E-state index in [0.717, 1.165) is 31.6 Å². The molecule has 0 saturated carbocycles. The van der Waals surface area contributed by atoms with E-state index < -0.39 is 0 Å². The Morgan fingerprint density at radius 2 is 1.22 bits per heavy atom. The fourth-order valence-corrected chi connectivity index (χ4v) is 3.01. The average Bonchev–Trinajstić information content (AvgIpc) is 2.53. The summed E-state index contributed by atoms with van der Waals surface area (Å²) in [6.45, 7) is 1.92. The Morgan fingerprint density at radius 3 is 1.65 bits per heavy atom. The zero-order valence-corrected chi connectivity index (χ0v) is 15.6. The van der Waals surface area contributed by atoms with Crippen molar-refractivity contribution in [3.63, 3.8) is 0 Å². The second-order valence-corrected chi connectivity index (χ2v) is 7.05. The van der Waals surface area contributed by atoms with Gasteiger partial charge in [0.25, 0.3) is 0 Å². The van der Waals surface area contributed by atoms with Gasteiger partial charge in [0.15, 0.2) is 0 Å². The molecule has 1 nitrogen and oxygen atoms in total. The maximum atomic E-state index is 13.5. The summed E-state index contributed by atoms with van der Waals surface area (Å²) in [6.07, 6.45) is 0. The van der Waals surface area contributed by atoms with E-state index in [9.17, 15) is 4.39 Å². The lowest BCUT2D eigenvalue weighted by molar-refractivity contribution is 0.626. The van der Waals surface area contributed by atoms with Crippen LogP contribution in [0.25, 0.3) is 0 Å². The van der Waals surface area contributed by atoms with Crippen molar-refractivity contribution in [2.75, 3.05) is 4.90 Å². The maximum Gasteiger partial charge on any atom is 0.123 e. The first-order valence-electron chi connectivity index (χ1n) is 7.12. The van der Waals surface area contributed by atoms with Crippen molar-refractivity contribution in [2.24, 2.45) is 0 Å². The molecule has 3 aromatic carbocycles. The van der Waals surface area contributed by atoms with Gasteiger partial charge in [0.05, 0.1) is 0 Å². The van der Waals surface area contributed by atoms with Crippen LogP contribution in [0.5, 0.6) is 0 Å². The molecule has 0 N–H and O–H groups in total. The van der Waals surface area contributed by atoms with Gasteiger partial charge in [0.1, 0.15) is 5.82 Å². The molecular formula is C19H14Br2FN. The Kier molecular flexibility index (Phi) is 4.83. The normalized spacial score (nSPS) is 10.6. The van der Waals surface area contributed by atoms with Crippen molar-refractivity contribution >= 4 is 48.9 Å². The lowest BCUT2D eigenvalue weighted by atomic mass is 10.1. The molecule has 0 spiro atoms. The predicted molar refractivity (Wildman–Crippen MR) is 101 cm³/mol. The number of hydrogen-bond donors (Lipinski definition) is 0. The first kappa shape index (κ1) is 16.2. The van der Waals surface area contributed by atoms with Gasteiger partial charge in [-0.25, -0.2) is 4.39 Å². The molecule has 0 aromatic heterocycles. The van der Waals surface area contributed by atoms with Crippen molar-refractivity contribution in [1.82, 2.24) is 0 Å². The minimum absolute atomic E-state index is 0.224. The van der Waals surface area contributed by atoms with Gasteiger partial charge in [-0.1, -0.05) is 31.9 Å². The summed E-state index contributed by atoms with van der Waals surface area (Å²) in [7, 11) is 0. The minimum atomic E-state index is -0.224. The second kappa shape index (κ2) is 6.85. The molecule has 23 heavy (non-hydrogen) atoms. The Labute approximate surface area is 152 Å². The molecular weight excluding hydrogens is 421 g/mol. The van der Waals surface area contributed by atoms with Gasteiger partial charge in [-0.2, -0.15) is 0 Å². The zero-order chi connectivity index (χ0) is 16.4. The van der Waals surface area contributed by atoms with Crippen LogP contribution in [0, 0.1) is 12.7 Å². The molecule has 0 fully saturated rings. The van der Waals surface area contributed by atoms with E-state index in [-0.39, 0.29) is 5.82 Å². The van der Waals surface area contributed by atoms with Gasteiger partial charge in [-0.3, -0.25) is 0 Å². The monoisotopic (exact) mass is 433 g/mol. The smallest absolute Gasteiger partial charge is 0.123 e. The Morgan fingerprint density at radius 1 is 0.739 bits per heavy atom. The van der Waals surface area contributed by atoms with Crippen molar-refractivity contribution in [2.45, 2.75) is 6.92 Å². The van der Waals surface area contributed by atoms with Crippen LogP contribution in [-0.4, -0.2) is 0 Å². The number of aryl methyl sites for hydroxylation is 1. The highest BCUT2D eigenvalue weighted by atomic mass is 79.9. The van der Waals surface area contributed by atoms with Crippen LogP contribution in [0.2, 0.25) is 0 Å². The highest BCUT2D eigenvalue weighted by Crippen LogP contribution is 2.37. The molecule has 0 aliphatic heterocycles. The van der Waals surface area contributed by atoms with Crippen LogP contribution in [0.3, 0.4) is 0 Å². The van der Waals surface area contributed by atoms with E-state index in [0.29, 0.717) is 0 Å². The van der Waals surface area contributed by atoms with Gasteiger partial charge >= 0.3 is 0 Å². The van der Waals surface area contributed by atoms with Crippen LogP contribution in [0.15, 0.2) is 75.7 Å². The fraction of sp³-hybridized carbons (Fsp3) is 0.0526. The summed E-state index contributed by atoms with van der Waals surface area (Å²) < 4.78 is 15.5. The highest BCUT2D eigenvalue weighted by molar-refractivity contribution is 9.10. The third-order valence-corrected chi connectivity index (χ3v) is 4.63. The van der Waals surface area contributed by atoms with Crippen LogP contribution in [-0.2, 0) is 0 Å². The Bertz CT molecular complexity index is 768. The van der Waals surface area contributed by atoms with Gasteiger partial charge in [0.2, 0.25) is 0 Å². The first-order chi connectivity index (χ1) is 11.0. The zero-order valence-electron chi connectivity index (χ0n) is 12.4. The molecule has 0 aliphatic rings. The summed E-state index contributed by atoms with van der Waals surface area (Å²) in [5.74, 6) is -0.224. The number of rotatable bonds is 3. The Balaban J connectivity index is 2.16. The van der Waals surface area contributed by atoms with E-state index in [1.165, 1.54) is 6.07 Å². The van der Waals surface area contributed by atoms with E-state index in [4.69, 9.17) is 0 Å². The summed E-state index contributed by atoms with van der Waals surface area (Å²) in [5, 5.41) is 0. The third kappa shape index (κ3) is 3.65. The van der Waals surface area contributed by atoms with E-state index >= 15 is 0 Å². The molecule has 0 heterocycles. The molecule has 116 valence electrons. The number of nitrogens with zero attached hydrogens (tertiary/aromatic N) is 1. The van der Waals surface area contributed by atoms with Gasteiger partial charge in [-0.15, -0.1) is 0 Å². The first-order valence-corrected chi connectivity index (χ1v) is 8.70. The maximum absolute atomic E-state index is 13.5. The third-order valence-electron chi connectivity index (χ3n) is 3.57. The lowest BCUT2D eigenvalue weighted by Gasteiger charge is -2.27.